The van der Waals surface area contributed by atoms with Crippen molar-refractivity contribution in [2.75, 3.05) is 18.5 Å². The average molecular weight is 498 g/mol. The molecule has 1 aromatic carbocycles. The topological polar surface area (TPSA) is 95.0 Å². The zero-order chi connectivity index (χ0) is 24.1. The van der Waals surface area contributed by atoms with Crippen molar-refractivity contribution in [2.24, 2.45) is 0 Å². The van der Waals surface area contributed by atoms with Crippen LogP contribution >= 0.6 is 11.8 Å². The minimum atomic E-state index is -1.08. The molecule has 0 saturated carbocycles. The maximum atomic E-state index is 15.3. The van der Waals surface area contributed by atoms with Crippen molar-refractivity contribution in [1.82, 2.24) is 30.1 Å². The predicted molar refractivity (Wildman–Crippen MR) is 130 cm³/mol. The number of pyridine rings is 1. The number of thioether (sulfide) groups is 1. The number of benzene rings is 1. The van der Waals surface area contributed by atoms with E-state index in [0.29, 0.717) is 17.6 Å². The number of rotatable bonds is 5. The van der Waals surface area contributed by atoms with Crippen LogP contribution in [-0.4, -0.2) is 61.1 Å². The van der Waals surface area contributed by atoms with Crippen molar-refractivity contribution < 1.29 is 13.5 Å². The number of tetrazole rings is 1. The number of fused-ring (bicyclic) bond motifs is 2. The highest BCUT2D eigenvalue weighted by Gasteiger charge is 2.39. The smallest absolute Gasteiger partial charge is 0.202 e. The van der Waals surface area contributed by atoms with E-state index in [-0.39, 0.29) is 29.2 Å². The van der Waals surface area contributed by atoms with Crippen molar-refractivity contribution in [2.45, 2.75) is 50.3 Å². The van der Waals surface area contributed by atoms with E-state index < -0.39 is 11.6 Å². The molecule has 0 spiro atoms. The van der Waals surface area contributed by atoms with Crippen molar-refractivity contribution in [1.29, 1.82) is 0 Å². The number of halogens is 2. The second kappa shape index (κ2) is 8.87. The molecule has 3 aromatic rings. The number of hydrogen-bond acceptors (Lipinski definition) is 8. The van der Waals surface area contributed by atoms with Gasteiger partial charge in [0.05, 0.1) is 5.56 Å². The molecule has 3 aliphatic rings. The van der Waals surface area contributed by atoms with Gasteiger partial charge in [0, 0.05) is 24.0 Å². The molecule has 2 saturated heterocycles. The van der Waals surface area contributed by atoms with E-state index in [4.69, 9.17) is 10.5 Å². The third-order valence-corrected chi connectivity index (χ3v) is 8.21. The van der Waals surface area contributed by atoms with Crippen molar-refractivity contribution in [3.63, 3.8) is 0 Å². The molecule has 2 unspecified atom stereocenters. The van der Waals surface area contributed by atoms with Crippen molar-refractivity contribution >= 4 is 23.2 Å². The number of nitrogens with two attached hydrogens (primary N) is 1. The molecule has 2 aromatic heterocycles. The van der Waals surface area contributed by atoms with Gasteiger partial charge in [-0.2, -0.15) is 9.07 Å². The fourth-order valence-corrected chi connectivity index (χ4v) is 6.27. The van der Waals surface area contributed by atoms with Crippen LogP contribution in [0, 0.1) is 11.6 Å². The van der Waals surface area contributed by atoms with Crippen LogP contribution in [0.4, 0.5) is 14.6 Å². The molecule has 0 aliphatic carbocycles. The molecule has 8 nitrogen and oxygen atoms in total. The maximum absolute atomic E-state index is 15.3. The Morgan fingerprint density at radius 2 is 1.94 bits per heavy atom. The number of nitrogen functional groups attached to an aromatic ring is 1. The van der Waals surface area contributed by atoms with Crippen LogP contribution < -0.4 is 10.5 Å². The molecule has 2 fully saturated rings. The highest BCUT2D eigenvalue weighted by Crippen LogP contribution is 2.38. The standard InChI is InChI=1S/C24H25F2N7OS/c1-32-15-2-3-16(32)10-17(9-15)34-20-5-4-19(21(25)22(20)26)33-24(29-30-31-33)18-8-14(11-28-23(18)27)13-6-7-35-12-13/h4-5,8,11-12,15-17H,2-3,6-7,9-10H2,1H3,(H2,27,28). The van der Waals surface area contributed by atoms with Gasteiger partial charge in [-0.3, -0.25) is 0 Å². The van der Waals surface area contributed by atoms with E-state index in [1.807, 2.05) is 6.07 Å². The zero-order valence-corrected chi connectivity index (χ0v) is 20.0. The number of anilines is 1. The molecule has 3 aliphatic heterocycles. The molecular weight excluding hydrogens is 472 g/mol. The van der Waals surface area contributed by atoms with Crippen LogP contribution in [0.15, 0.2) is 29.8 Å². The van der Waals surface area contributed by atoms with Gasteiger partial charge in [0.25, 0.3) is 0 Å². The van der Waals surface area contributed by atoms with E-state index in [1.165, 1.54) is 12.1 Å². The quantitative estimate of drug-likeness (QED) is 0.564. The van der Waals surface area contributed by atoms with Gasteiger partial charge >= 0.3 is 0 Å². The first-order valence-electron chi connectivity index (χ1n) is 11.7. The third-order valence-electron chi connectivity index (χ3n) is 7.32. The summed E-state index contributed by atoms with van der Waals surface area (Å²) < 4.78 is 37.5. The minimum Gasteiger partial charge on any atom is -0.487 e. The number of ether oxygens (including phenoxy) is 1. The van der Waals surface area contributed by atoms with E-state index >= 15 is 8.78 Å². The fourth-order valence-electron chi connectivity index (χ4n) is 5.36. The van der Waals surface area contributed by atoms with E-state index in [9.17, 15) is 0 Å². The number of aromatic nitrogens is 5. The monoisotopic (exact) mass is 497 g/mol. The summed E-state index contributed by atoms with van der Waals surface area (Å²) in [5.74, 6) is -0.836. The van der Waals surface area contributed by atoms with Gasteiger partial charge in [0.1, 0.15) is 17.6 Å². The normalized spacial score (nSPS) is 24.1. The number of nitrogens with zero attached hydrogens (tertiary/aromatic N) is 6. The molecule has 11 heteroatoms. The molecule has 182 valence electrons. The Kier molecular flexibility index (Phi) is 5.68. The molecule has 6 rings (SSSR count). The summed E-state index contributed by atoms with van der Waals surface area (Å²) in [4.78, 5) is 6.66. The van der Waals surface area contributed by atoms with E-state index in [2.05, 4.69) is 37.9 Å². The van der Waals surface area contributed by atoms with Gasteiger partial charge in [0.15, 0.2) is 17.4 Å². The Morgan fingerprint density at radius 3 is 2.69 bits per heavy atom. The van der Waals surface area contributed by atoms with Crippen molar-refractivity contribution in [3.8, 4) is 22.8 Å². The lowest BCUT2D eigenvalue weighted by atomic mass is 10.0. The van der Waals surface area contributed by atoms with Gasteiger partial charge in [-0.1, -0.05) is 0 Å². The lowest BCUT2D eigenvalue weighted by Crippen LogP contribution is -2.43. The Balaban J connectivity index is 1.30. The Bertz CT molecular complexity index is 1300. The summed E-state index contributed by atoms with van der Waals surface area (Å²) in [6.07, 6.45) is 6.34. The molecule has 0 amide bonds. The summed E-state index contributed by atoms with van der Waals surface area (Å²) in [5.41, 5.74) is 8.49. The fraction of sp³-hybridized carbons (Fsp3) is 0.417. The van der Waals surface area contributed by atoms with Crippen LogP contribution in [-0.2, 0) is 0 Å². The molecular formula is C24H25F2N7OS. The minimum absolute atomic E-state index is 0.0938. The van der Waals surface area contributed by atoms with Crippen molar-refractivity contribution in [3.05, 3.63) is 47.0 Å². The summed E-state index contributed by atoms with van der Waals surface area (Å²) in [6, 6.07) is 5.58. The first kappa shape index (κ1) is 22.4. The lowest BCUT2D eigenvalue weighted by Gasteiger charge is -2.36. The summed E-state index contributed by atoms with van der Waals surface area (Å²) in [6.45, 7) is 0. The summed E-state index contributed by atoms with van der Waals surface area (Å²) >= 11 is 1.73. The van der Waals surface area contributed by atoms with Gasteiger partial charge in [-0.15, -0.1) is 16.9 Å². The average Bonchev–Trinajstić information content (AvgIpc) is 3.59. The van der Waals surface area contributed by atoms with Crippen LogP contribution in [0.1, 0.15) is 37.7 Å². The van der Waals surface area contributed by atoms with Gasteiger partial charge in [-0.25, -0.2) is 9.37 Å². The highest BCUT2D eigenvalue weighted by molar-refractivity contribution is 8.02. The molecule has 2 atom stereocenters. The Hall–Kier alpha value is -3.05. The van der Waals surface area contributed by atoms with E-state index in [0.717, 1.165) is 53.7 Å². The molecule has 5 heterocycles. The second-order valence-electron chi connectivity index (χ2n) is 9.31. The second-order valence-corrected chi connectivity index (χ2v) is 10.3. The Morgan fingerprint density at radius 1 is 1.14 bits per heavy atom. The Labute approximate surface area is 205 Å². The number of allylic oxidation sites excluding steroid dienone is 1. The van der Waals surface area contributed by atoms with Crippen LogP contribution in [0.3, 0.4) is 0 Å². The lowest BCUT2D eigenvalue weighted by molar-refractivity contribution is 0.0631. The highest BCUT2D eigenvalue weighted by atomic mass is 32.2. The first-order chi connectivity index (χ1) is 17.0. The summed E-state index contributed by atoms with van der Waals surface area (Å²) in [7, 11) is 2.12. The van der Waals surface area contributed by atoms with Gasteiger partial charge < -0.3 is 15.4 Å². The van der Waals surface area contributed by atoms with E-state index in [1.54, 1.807) is 18.0 Å². The first-order valence-corrected chi connectivity index (χ1v) is 12.8. The van der Waals surface area contributed by atoms with Crippen LogP contribution in [0.5, 0.6) is 5.75 Å². The predicted octanol–water partition coefficient (Wildman–Crippen LogP) is 4.07. The molecule has 35 heavy (non-hydrogen) atoms. The van der Waals surface area contributed by atoms with Gasteiger partial charge in [-0.05, 0) is 84.3 Å². The molecule has 2 N–H and O–H groups in total. The SMILES string of the molecule is CN1C2CCC1CC(Oc1ccc(-n3nnnc3-c3cc(C4=CSCC4)cnc3N)c(F)c1F)C2. The maximum Gasteiger partial charge on any atom is 0.202 e. The van der Waals surface area contributed by atoms with Crippen LogP contribution in [0.2, 0.25) is 0 Å². The molecule has 2 bridgehead atoms. The number of hydrogen-bond donors (Lipinski definition) is 1. The zero-order valence-electron chi connectivity index (χ0n) is 19.2. The number of piperidine rings is 1. The largest absolute Gasteiger partial charge is 0.487 e. The van der Waals surface area contributed by atoms with Gasteiger partial charge in [0.2, 0.25) is 5.82 Å². The van der Waals surface area contributed by atoms with Crippen LogP contribution in [0.25, 0.3) is 22.6 Å². The summed E-state index contributed by atoms with van der Waals surface area (Å²) in [5, 5.41) is 13.7. The third kappa shape index (κ3) is 3.96. The molecule has 0 radical (unpaired) electrons.